The van der Waals surface area contributed by atoms with E-state index in [2.05, 4.69) is 4.74 Å². The van der Waals surface area contributed by atoms with Crippen LogP contribution in [-0.2, 0) is 4.74 Å². The first-order chi connectivity index (χ1) is 5.89. The monoisotopic (exact) mass is 195 g/mol. The van der Waals surface area contributed by atoms with Gasteiger partial charge >= 0.3 is 5.72 Å². The van der Waals surface area contributed by atoms with E-state index < -0.39 is 35.8 Å². The summed E-state index contributed by atoms with van der Waals surface area (Å²) in [6.07, 6.45) is -5.70. The van der Waals surface area contributed by atoms with E-state index in [0.717, 1.165) is 0 Å². The van der Waals surface area contributed by atoms with Gasteiger partial charge in [-0.3, -0.25) is 10.1 Å². The highest BCUT2D eigenvalue weighted by atomic mass is 16.7. The standard InChI is InChI=1S/C5H9NO7/c7-2-3(8)5(10,6(11)12)1-13-4(2)9/h2-4,7-10H,1H2/t2-,3-,4-,5-/m1/s1. The van der Waals surface area contributed by atoms with Crippen LogP contribution in [0.2, 0.25) is 0 Å². The van der Waals surface area contributed by atoms with Crippen LogP contribution in [0, 0.1) is 10.1 Å². The van der Waals surface area contributed by atoms with E-state index in [0.29, 0.717) is 0 Å². The average molecular weight is 195 g/mol. The van der Waals surface area contributed by atoms with E-state index in [1.165, 1.54) is 0 Å². The van der Waals surface area contributed by atoms with Crippen LogP contribution in [0.4, 0.5) is 0 Å². The zero-order valence-electron chi connectivity index (χ0n) is 6.40. The Bertz CT molecular complexity index is 221. The predicted molar refractivity (Wildman–Crippen MR) is 35.9 cm³/mol. The lowest BCUT2D eigenvalue weighted by molar-refractivity contribution is -0.653. The molecule has 1 rings (SSSR count). The summed E-state index contributed by atoms with van der Waals surface area (Å²) in [4.78, 5) is 9.09. The molecule has 0 radical (unpaired) electrons. The molecule has 1 aliphatic rings. The maximum absolute atomic E-state index is 10.3. The quantitative estimate of drug-likeness (QED) is 0.199. The average Bonchev–Trinajstić information content (AvgIpc) is 2.08. The van der Waals surface area contributed by atoms with Crippen LogP contribution < -0.4 is 0 Å². The second kappa shape index (κ2) is 3.16. The summed E-state index contributed by atoms with van der Waals surface area (Å²) < 4.78 is 4.29. The van der Waals surface area contributed by atoms with Gasteiger partial charge in [0.25, 0.3) is 0 Å². The molecule has 1 heterocycles. The zero-order chi connectivity index (χ0) is 10.2. The van der Waals surface area contributed by atoms with Crippen LogP contribution in [0.25, 0.3) is 0 Å². The summed E-state index contributed by atoms with van der Waals surface area (Å²) in [5.41, 5.74) is -2.77. The van der Waals surface area contributed by atoms with Crippen LogP contribution in [-0.4, -0.2) is 56.2 Å². The molecule has 0 aliphatic carbocycles. The van der Waals surface area contributed by atoms with Crippen molar-refractivity contribution in [3.05, 3.63) is 10.1 Å². The van der Waals surface area contributed by atoms with Crippen LogP contribution >= 0.6 is 0 Å². The first kappa shape index (κ1) is 10.3. The third-order valence-electron chi connectivity index (χ3n) is 1.87. The Hall–Kier alpha value is -0.800. The molecule has 1 saturated heterocycles. The van der Waals surface area contributed by atoms with Gasteiger partial charge in [0.1, 0.15) is 6.10 Å². The minimum Gasteiger partial charge on any atom is -0.385 e. The maximum Gasteiger partial charge on any atom is 0.374 e. The molecule has 8 nitrogen and oxygen atoms in total. The topological polar surface area (TPSA) is 133 Å². The van der Waals surface area contributed by atoms with Gasteiger partial charge in [0.15, 0.2) is 19.0 Å². The van der Waals surface area contributed by atoms with Gasteiger partial charge in [-0.1, -0.05) is 0 Å². The Labute approximate surface area is 72.1 Å². The lowest BCUT2D eigenvalue weighted by Crippen LogP contribution is -2.64. The number of aliphatic hydroxyl groups excluding tert-OH is 3. The highest BCUT2D eigenvalue weighted by molar-refractivity contribution is 4.87. The molecule has 0 aromatic carbocycles. The van der Waals surface area contributed by atoms with Gasteiger partial charge < -0.3 is 25.2 Å². The van der Waals surface area contributed by atoms with Crippen molar-refractivity contribution in [3.63, 3.8) is 0 Å². The Morgan fingerprint density at radius 2 is 2.00 bits per heavy atom. The van der Waals surface area contributed by atoms with E-state index >= 15 is 0 Å². The van der Waals surface area contributed by atoms with Gasteiger partial charge in [0.2, 0.25) is 0 Å². The van der Waals surface area contributed by atoms with Crippen molar-refractivity contribution in [2.75, 3.05) is 6.61 Å². The Kier molecular flexibility index (Phi) is 2.50. The third-order valence-corrected chi connectivity index (χ3v) is 1.87. The lowest BCUT2D eigenvalue weighted by atomic mass is 10.00. The summed E-state index contributed by atoms with van der Waals surface area (Å²) in [7, 11) is 0. The van der Waals surface area contributed by atoms with Crippen molar-refractivity contribution < 1.29 is 30.1 Å². The molecule has 1 aliphatic heterocycles. The van der Waals surface area contributed by atoms with Crippen LogP contribution in [0.15, 0.2) is 0 Å². The highest BCUT2D eigenvalue weighted by Gasteiger charge is 2.57. The summed E-state index contributed by atoms with van der Waals surface area (Å²) >= 11 is 0. The molecule has 0 spiro atoms. The molecule has 0 amide bonds. The number of rotatable bonds is 1. The number of ether oxygens (including phenoxy) is 1. The fraction of sp³-hybridized carbons (Fsp3) is 1.00. The van der Waals surface area contributed by atoms with E-state index in [-0.39, 0.29) is 0 Å². The van der Waals surface area contributed by atoms with Gasteiger partial charge in [-0.05, 0) is 0 Å². The molecular formula is C5H9NO7. The lowest BCUT2D eigenvalue weighted by Gasteiger charge is -2.34. The van der Waals surface area contributed by atoms with Gasteiger partial charge in [0, 0.05) is 0 Å². The highest BCUT2D eigenvalue weighted by Crippen LogP contribution is 2.23. The fourth-order valence-corrected chi connectivity index (χ4v) is 0.982. The van der Waals surface area contributed by atoms with Crippen molar-refractivity contribution in [2.24, 2.45) is 0 Å². The van der Waals surface area contributed by atoms with Crippen LogP contribution in [0.3, 0.4) is 0 Å². The van der Waals surface area contributed by atoms with Crippen molar-refractivity contribution in [1.82, 2.24) is 0 Å². The number of hydrogen-bond donors (Lipinski definition) is 4. The predicted octanol–water partition coefficient (Wildman–Crippen LogP) is -2.98. The molecule has 0 aromatic rings. The van der Waals surface area contributed by atoms with Crippen molar-refractivity contribution >= 4 is 0 Å². The minimum atomic E-state index is -2.77. The Morgan fingerprint density at radius 3 is 2.46 bits per heavy atom. The SMILES string of the molecule is O=[N+]([O-])[C@@]1(O)CO[C@@H](O)[C@H](O)[C@H]1O. The minimum absolute atomic E-state index is 0.876. The first-order valence-electron chi connectivity index (χ1n) is 3.42. The fourth-order valence-electron chi connectivity index (χ4n) is 0.982. The molecule has 8 heteroatoms. The second-order valence-electron chi connectivity index (χ2n) is 2.77. The van der Waals surface area contributed by atoms with Gasteiger partial charge in [-0.15, -0.1) is 0 Å². The summed E-state index contributed by atoms with van der Waals surface area (Å²) in [6.45, 7) is -0.876. The van der Waals surface area contributed by atoms with Crippen molar-refractivity contribution in [2.45, 2.75) is 24.2 Å². The summed E-state index contributed by atoms with van der Waals surface area (Å²) in [6, 6.07) is 0. The molecule has 1 fully saturated rings. The third kappa shape index (κ3) is 1.49. The molecule has 13 heavy (non-hydrogen) atoms. The molecule has 0 unspecified atom stereocenters. The normalized spacial score (nSPS) is 46.0. The van der Waals surface area contributed by atoms with E-state index in [4.69, 9.17) is 20.4 Å². The molecule has 4 N–H and O–H groups in total. The smallest absolute Gasteiger partial charge is 0.374 e. The van der Waals surface area contributed by atoms with Gasteiger partial charge in [-0.25, -0.2) is 0 Å². The molecule has 0 aromatic heterocycles. The Balaban J connectivity index is 2.85. The van der Waals surface area contributed by atoms with Crippen LogP contribution in [0.1, 0.15) is 0 Å². The molecule has 76 valence electrons. The number of nitro groups is 1. The van der Waals surface area contributed by atoms with Gasteiger partial charge in [0.05, 0.1) is 4.92 Å². The summed E-state index contributed by atoms with van der Waals surface area (Å²) in [5.74, 6) is 0. The largest absolute Gasteiger partial charge is 0.385 e. The summed E-state index contributed by atoms with van der Waals surface area (Å²) in [5, 5.41) is 46.2. The second-order valence-corrected chi connectivity index (χ2v) is 2.77. The number of aliphatic hydroxyl groups is 4. The van der Waals surface area contributed by atoms with Crippen molar-refractivity contribution in [3.8, 4) is 0 Å². The van der Waals surface area contributed by atoms with Crippen molar-refractivity contribution in [1.29, 1.82) is 0 Å². The molecule has 0 saturated carbocycles. The molecule has 4 atom stereocenters. The van der Waals surface area contributed by atoms with Crippen LogP contribution in [0.5, 0.6) is 0 Å². The number of hydrogen-bond acceptors (Lipinski definition) is 7. The van der Waals surface area contributed by atoms with Gasteiger partial charge in [-0.2, -0.15) is 0 Å². The first-order valence-corrected chi connectivity index (χ1v) is 3.42. The molecular weight excluding hydrogens is 186 g/mol. The zero-order valence-corrected chi connectivity index (χ0v) is 6.40. The van der Waals surface area contributed by atoms with E-state index in [1.807, 2.05) is 0 Å². The molecule has 0 bridgehead atoms. The Morgan fingerprint density at radius 1 is 1.46 bits per heavy atom. The maximum atomic E-state index is 10.3. The van der Waals surface area contributed by atoms with E-state index in [1.54, 1.807) is 0 Å². The van der Waals surface area contributed by atoms with E-state index in [9.17, 15) is 10.1 Å². The number of nitrogens with zero attached hydrogens (tertiary/aromatic N) is 1.